The number of benzene rings is 1. The van der Waals surface area contributed by atoms with E-state index in [1.165, 1.54) is 6.07 Å². The molecule has 0 radical (unpaired) electrons. The number of halogens is 2. The van der Waals surface area contributed by atoms with Crippen LogP contribution in [0.5, 0.6) is 0 Å². The molecule has 0 saturated heterocycles. The lowest BCUT2D eigenvalue weighted by molar-refractivity contribution is -0.115. The zero-order valence-corrected chi connectivity index (χ0v) is 13.3. The molecule has 104 valence electrons. The summed E-state index contributed by atoms with van der Waals surface area (Å²) in [6.45, 7) is -0.132. The van der Waals surface area contributed by atoms with Crippen LogP contribution in [0.25, 0.3) is 0 Å². The van der Waals surface area contributed by atoms with E-state index in [0.29, 0.717) is 10.4 Å². The van der Waals surface area contributed by atoms with Crippen LogP contribution in [0.2, 0.25) is 0 Å². The topological polar surface area (TPSA) is 71.3 Å². The third-order valence-corrected chi connectivity index (χ3v) is 3.29. The summed E-state index contributed by atoms with van der Waals surface area (Å²) in [6.07, 6.45) is 0. The van der Waals surface area contributed by atoms with Gasteiger partial charge >= 0.3 is 0 Å². The fraction of sp³-hybridized carbons (Fsp3) is 0.0769. The first-order valence-electron chi connectivity index (χ1n) is 5.63. The Morgan fingerprint density at radius 1 is 1.05 bits per heavy atom. The minimum Gasteiger partial charge on any atom is -0.444 e. The Bertz CT molecular complexity index is 623. The number of rotatable bonds is 4. The highest BCUT2D eigenvalue weighted by Gasteiger charge is 2.11. The lowest BCUT2D eigenvalue weighted by Gasteiger charge is -2.06. The highest BCUT2D eigenvalue weighted by Crippen LogP contribution is 2.14. The predicted molar refractivity (Wildman–Crippen MR) is 81.5 cm³/mol. The Balaban J connectivity index is 1.83. The van der Waals surface area contributed by atoms with Gasteiger partial charge in [-0.05, 0) is 52.3 Å². The van der Waals surface area contributed by atoms with Crippen molar-refractivity contribution in [2.75, 3.05) is 11.9 Å². The van der Waals surface area contributed by atoms with E-state index in [4.69, 9.17) is 4.42 Å². The molecule has 0 aliphatic heterocycles. The first kappa shape index (κ1) is 14.8. The first-order chi connectivity index (χ1) is 9.54. The standard InChI is InChI=1S/C13H10Br2N2O3/c14-8-1-3-9(4-2-8)17-12(18)7-16-13(19)10-5-6-11(15)20-10/h1-6H,7H2,(H,16,19)(H,17,18). The fourth-order valence-electron chi connectivity index (χ4n) is 1.42. The highest BCUT2D eigenvalue weighted by atomic mass is 79.9. The zero-order valence-electron chi connectivity index (χ0n) is 10.2. The van der Waals surface area contributed by atoms with Crippen LogP contribution < -0.4 is 10.6 Å². The SMILES string of the molecule is O=C(CNC(=O)c1ccc(Br)o1)Nc1ccc(Br)cc1. The Hall–Kier alpha value is -1.60. The molecular formula is C13H10Br2N2O3. The lowest BCUT2D eigenvalue weighted by Crippen LogP contribution is -2.32. The normalized spacial score (nSPS) is 10.1. The van der Waals surface area contributed by atoms with Crippen molar-refractivity contribution in [1.82, 2.24) is 5.32 Å². The van der Waals surface area contributed by atoms with Gasteiger partial charge in [-0.2, -0.15) is 0 Å². The van der Waals surface area contributed by atoms with Crippen LogP contribution in [0, 0.1) is 0 Å². The van der Waals surface area contributed by atoms with Crippen molar-refractivity contribution in [1.29, 1.82) is 0 Å². The summed E-state index contributed by atoms with van der Waals surface area (Å²) >= 11 is 6.41. The summed E-state index contributed by atoms with van der Waals surface area (Å²) in [7, 11) is 0. The van der Waals surface area contributed by atoms with E-state index in [-0.39, 0.29) is 18.2 Å². The van der Waals surface area contributed by atoms with Crippen molar-refractivity contribution >= 4 is 49.4 Å². The fourth-order valence-corrected chi connectivity index (χ4v) is 1.99. The second-order valence-corrected chi connectivity index (χ2v) is 5.54. The van der Waals surface area contributed by atoms with Crippen LogP contribution >= 0.6 is 31.9 Å². The maximum absolute atomic E-state index is 11.7. The Labute approximate surface area is 132 Å². The molecule has 2 rings (SSSR count). The molecule has 0 fully saturated rings. The molecule has 2 amide bonds. The van der Waals surface area contributed by atoms with Crippen molar-refractivity contribution in [3.8, 4) is 0 Å². The van der Waals surface area contributed by atoms with Gasteiger partial charge in [0.05, 0.1) is 6.54 Å². The molecule has 1 aromatic heterocycles. The summed E-state index contributed by atoms with van der Waals surface area (Å²) in [6, 6.07) is 10.3. The van der Waals surface area contributed by atoms with E-state index >= 15 is 0 Å². The average Bonchev–Trinajstić information content (AvgIpc) is 2.85. The van der Waals surface area contributed by atoms with Crippen molar-refractivity contribution in [3.05, 3.63) is 51.3 Å². The molecule has 2 aromatic rings. The summed E-state index contributed by atoms with van der Waals surface area (Å²) in [5, 5.41) is 5.14. The maximum Gasteiger partial charge on any atom is 0.287 e. The van der Waals surface area contributed by atoms with Crippen molar-refractivity contribution in [2.45, 2.75) is 0 Å². The predicted octanol–water partition coefficient (Wildman–Crippen LogP) is 3.17. The molecular weight excluding hydrogens is 392 g/mol. The minimum atomic E-state index is -0.443. The third-order valence-electron chi connectivity index (χ3n) is 2.33. The number of nitrogens with one attached hydrogen (secondary N) is 2. The second kappa shape index (κ2) is 6.71. The Morgan fingerprint density at radius 3 is 2.35 bits per heavy atom. The molecule has 2 N–H and O–H groups in total. The van der Waals surface area contributed by atoms with Gasteiger partial charge in [-0.15, -0.1) is 0 Å². The third kappa shape index (κ3) is 4.21. The molecule has 1 heterocycles. The second-order valence-electron chi connectivity index (χ2n) is 3.84. The summed E-state index contributed by atoms with van der Waals surface area (Å²) in [4.78, 5) is 23.3. The van der Waals surface area contributed by atoms with Gasteiger partial charge in [0.15, 0.2) is 10.4 Å². The average molecular weight is 402 g/mol. The van der Waals surface area contributed by atoms with Crippen LogP contribution in [0.15, 0.2) is 50.0 Å². The van der Waals surface area contributed by atoms with E-state index in [1.54, 1.807) is 18.2 Å². The molecule has 20 heavy (non-hydrogen) atoms. The van der Waals surface area contributed by atoms with Gasteiger partial charge in [0.25, 0.3) is 5.91 Å². The van der Waals surface area contributed by atoms with Gasteiger partial charge in [-0.3, -0.25) is 9.59 Å². The summed E-state index contributed by atoms with van der Waals surface area (Å²) in [5.74, 6) is -0.610. The van der Waals surface area contributed by atoms with Crippen LogP contribution in [0.1, 0.15) is 10.6 Å². The van der Waals surface area contributed by atoms with E-state index in [2.05, 4.69) is 42.5 Å². The van der Waals surface area contributed by atoms with E-state index < -0.39 is 5.91 Å². The van der Waals surface area contributed by atoms with Crippen molar-refractivity contribution < 1.29 is 14.0 Å². The van der Waals surface area contributed by atoms with Crippen molar-refractivity contribution in [2.24, 2.45) is 0 Å². The summed E-state index contributed by atoms with van der Waals surface area (Å²) in [5.41, 5.74) is 0.660. The quantitative estimate of drug-likeness (QED) is 0.826. The largest absolute Gasteiger partial charge is 0.444 e. The zero-order chi connectivity index (χ0) is 14.5. The Morgan fingerprint density at radius 2 is 1.75 bits per heavy atom. The molecule has 0 aliphatic carbocycles. The first-order valence-corrected chi connectivity index (χ1v) is 7.22. The number of hydrogen-bond donors (Lipinski definition) is 2. The van der Waals surface area contributed by atoms with Gasteiger partial charge in [0.2, 0.25) is 5.91 Å². The van der Waals surface area contributed by atoms with Crippen LogP contribution in [-0.4, -0.2) is 18.4 Å². The molecule has 0 atom stereocenters. The highest BCUT2D eigenvalue weighted by molar-refractivity contribution is 9.10. The molecule has 5 nitrogen and oxygen atoms in total. The molecule has 0 spiro atoms. The van der Waals surface area contributed by atoms with Gasteiger partial charge in [-0.1, -0.05) is 15.9 Å². The van der Waals surface area contributed by atoms with Gasteiger partial charge in [0.1, 0.15) is 0 Å². The molecule has 0 bridgehead atoms. The molecule has 1 aromatic carbocycles. The smallest absolute Gasteiger partial charge is 0.287 e. The van der Waals surface area contributed by atoms with Crippen LogP contribution in [-0.2, 0) is 4.79 Å². The van der Waals surface area contributed by atoms with Crippen molar-refractivity contribution in [3.63, 3.8) is 0 Å². The van der Waals surface area contributed by atoms with Gasteiger partial charge < -0.3 is 15.1 Å². The van der Waals surface area contributed by atoms with Gasteiger partial charge in [0, 0.05) is 10.2 Å². The van der Waals surface area contributed by atoms with E-state index in [9.17, 15) is 9.59 Å². The maximum atomic E-state index is 11.7. The minimum absolute atomic E-state index is 0.132. The number of amides is 2. The number of carbonyl (C=O) groups excluding carboxylic acids is 2. The van der Waals surface area contributed by atoms with Crippen LogP contribution in [0.4, 0.5) is 5.69 Å². The molecule has 0 unspecified atom stereocenters. The number of carbonyl (C=O) groups is 2. The monoisotopic (exact) mass is 400 g/mol. The van der Waals surface area contributed by atoms with E-state index in [1.807, 2.05) is 12.1 Å². The molecule has 7 heteroatoms. The van der Waals surface area contributed by atoms with Gasteiger partial charge in [-0.25, -0.2) is 0 Å². The lowest BCUT2D eigenvalue weighted by atomic mass is 10.3. The molecule has 0 aliphatic rings. The Kier molecular flexibility index (Phi) is 4.97. The summed E-state index contributed by atoms with van der Waals surface area (Å²) < 4.78 is 6.46. The number of anilines is 1. The van der Waals surface area contributed by atoms with E-state index in [0.717, 1.165) is 4.47 Å². The van der Waals surface area contributed by atoms with Crippen LogP contribution in [0.3, 0.4) is 0 Å². The number of furan rings is 1. The number of hydrogen-bond acceptors (Lipinski definition) is 3. The molecule has 0 saturated carbocycles.